The number of aromatic amines is 1. The van der Waals surface area contributed by atoms with E-state index in [9.17, 15) is 14.4 Å². The Hall–Kier alpha value is -4.07. The minimum Gasteiger partial charge on any atom is -0.423 e. The summed E-state index contributed by atoms with van der Waals surface area (Å²) >= 11 is 0. The van der Waals surface area contributed by atoms with Crippen LogP contribution in [0.3, 0.4) is 0 Å². The van der Waals surface area contributed by atoms with Crippen molar-refractivity contribution in [3.8, 4) is 0 Å². The second kappa shape index (κ2) is 9.66. The third-order valence-corrected chi connectivity index (χ3v) is 6.30. The number of nitrogens with two attached hydrogens (primary N) is 1. The van der Waals surface area contributed by atoms with Gasteiger partial charge in [0, 0.05) is 24.5 Å². The summed E-state index contributed by atoms with van der Waals surface area (Å²) in [4.78, 5) is 42.0. The van der Waals surface area contributed by atoms with Gasteiger partial charge in [0.05, 0.1) is 6.54 Å². The summed E-state index contributed by atoms with van der Waals surface area (Å²) in [6.45, 7) is 9.01. The summed E-state index contributed by atoms with van der Waals surface area (Å²) in [5.74, 6) is 0.372. The molecule has 0 bridgehead atoms. The molecule has 0 amide bonds. The molecule has 4 aromatic rings. The third kappa shape index (κ3) is 4.77. The van der Waals surface area contributed by atoms with Crippen molar-refractivity contribution in [1.29, 1.82) is 0 Å². The van der Waals surface area contributed by atoms with Crippen LogP contribution in [0.1, 0.15) is 48.9 Å². The van der Waals surface area contributed by atoms with Crippen molar-refractivity contribution in [2.45, 2.75) is 46.7 Å². The molecule has 8 heteroatoms. The Kier molecular flexibility index (Phi) is 6.64. The number of anilines is 2. The molecule has 2 aromatic heterocycles. The van der Waals surface area contributed by atoms with Crippen LogP contribution in [0, 0.1) is 6.92 Å². The number of nitrogens with zero attached hydrogens (tertiary/aromatic N) is 2. The first kappa shape index (κ1) is 24.1. The number of nitrogens with one attached hydrogen (secondary N) is 1. The standard InChI is InChI=1S/C27H30N4O4/c1-5-30(15-19-12-23(32)35-22-11-17(4)20(16(2)3)13-21(19)22)24-25(28)31(27(34)29-26(24)33)14-18-9-7-6-8-10-18/h6-13,16H,5,14-15,28H2,1-4H3,(H,29,33,34). The van der Waals surface area contributed by atoms with Gasteiger partial charge in [0.25, 0.3) is 5.56 Å². The lowest BCUT2D eigenvalue weighted by Crippen LogP contribution is -2.38. The number of rotatable bonds is 7. The topological polar surface area (TPSA) is 114 Å². The number of aryl methyl sites for hydroxylation is 1. The molecule has 182 valence electrons. The van der Waals surface area contributed by atoms with Crippen molar-refractivity contribution in [3.05, 3.63) is 102 Å². The van der Waals surface area contributed by atoms with Gasteiger partial charge in [-0.15, -0.1) is 0 Å². The van der Waals surface area contributed by atoms with Crippen LogP contribution in [0.25, 0.3) is 11.0 Å². The average Bonchev–Trinajstić information content (AvgIpc) is 2.80. The second-order valence-electron chi connectivity index (χ2n) is 9.03. The Labute approximate surface area is 202 Å². The van der Waals surface area contributed by atoms with Crippen LogP contribution in [-0.2, 0) is 13.1 Å². The van der Waals surface area contributed by atoms with Crippen molar-refractivity contribution in [3.63, 3.8) is 0 Å². The lowest BCUT2D eigenvalue weighted by atomic mass is 9.95. The molecule has 0 aliphatic carbocycles. The molecule has 0 saturated carbocycles. The highest BCUT2D eigenvalue weighted by molar-refractivity contribution is 5.82. The van der Waals surface area contributed by atoms with E-state index in [1.54, 1.807) is 4.90 Å². The summed E-state index contributed by atoms with van der Waals surface area (Å²) in [5, 5.41) is 0.810. The molecule has 0 spiro atoms. The van der Waals surface area contributed by atoms with Gasteiger partial charge in [0.15, 0.2) is 0 Å². The highest BCUT2D eigenvalue weighted by atomic mass is 16.4. The van der Waals surface area contributed by atoms with Gasteiger partial charge in [-0.3, -0.25) is 14.3 Å². The number of hydrogen-bond donors (Lipinski definition) is 2. The number of hydrogen-bond acceptors (Lipinski definition) is 6. The van der Waals surface area contributed by atoms with Crippen molar-refractivity contribution >= 4 is 22.5 Å². The van der Waals surface area contributed by atoms with Crippen molar-refractivity contribution in [2.24, 2.45) is 0 Å². The number of nitrogen functional groups attached to an aromatic ring is 1. The summed E-state index contributed by atoms with van der Waals surface area (Å²) in [6.07, 6.45) is 0. The zero-order valence-corrected chi connectivity index (χ0v) is 20.4. The first-order valence-electron chi connectivity index (χ1n) is 11.7. The van der Waals surface area contributed by atoms with E-state index in [0.29, 0.717) is 18.0 Å². The predicted octanol–water partition coefficient (Wildman–Crippen LogP) is 3.73. The predicted molar refractivity (Wildman–Crippen MR) is 139 cm³/mol. The van der Waals surface area contributed by atoms with E-state index >= 15 is 0 Å². The molecule has 0 unspecified atom stereocenters. The van der Waals surface area contributed by atoms with Gasteiger partial charge < -0.3 is 15.1 Å². The molecule has 3 N–H and O–H groups in total. The lowest BCUT2D eigenvalue weighted by Gasteiger charge is -2.25. The fourth-order valence-electron chi connectivity index (χ4n) is 4.50. The average molecular weight is 475 g/mol. The van der Waals surface area contributed by atoms with Crippen LogP contribution < -0.4 is 27.5 Å². The molecule has 0 aliphatic rings. The highest BCUT2D eigenvalue weighted by Crippen LogP contribution is 2.28. The zero-order chi connectivity index (χ0) is 25.3. The van der Waals surface area contributed by atoms with Gasteiger partial charge in [-0.05, 0) is 54.2 Å². The largest absolute Gasteiger partial charge is 0.423 e. The summed E-state index contributed by atoms with van der Waals surface area (Å²) < 4.78 is 6.83. The minimum absolute atomic E-state index is 0.0791. The SMILES string of the molecule is CCN(Cc1cc(=O)oc2cc(C)c(C(C)C)cc12)c1c(N)n(Cc2ccccc2)c(=O)[nH]c1=O. The molecule has 0 saturated heterocycles. The van der Waals surface area contributed by atoms with E-state index in [0.717, 1.165) is 27.6 Å². The fraction of sp³-hybridized carbons (Fsp3) is 0.296. The van der Waals surface area contributed by atoms with E-state index < -0.39 is 16.9 Å². The fourth-order valence-corrected chi connectivity index (χ4v) is 4.50. The smallest absolute Gasteiger partial charge is 0.336 e. The molecule has 0 aliphatic heterocycles. The minimum atomic E-state index is -0.570. The molecule has 0 fully saturated rings. The Morgan fingerprint density at radius 3 is 2.46 bits per heavy atom. The maximum absolute atomic E-state index is 12.9. The molecule has 4 rings (SSSR count). The first-order valence-corrected chi connectivity index (χ1v) is 11.7. The zero-order valence-electron chi connectivity index (χ0n) is 20.4. The first-order chi connectivity index (χ1) is 16.7. The lowest BCUT2D eigenvalue weighted by molar-refractivity contribution is 0.557. The number of H-pyrrole nitrogens is 1. The van der Waals surface area contributed by atoms with Crippen molar-refractivity contribution < 1.29 is 4.42 Å². The third-order valence-electron chi connectivity index (χ3n) is 6.30. The van der Waals surface area contributed by atoms with Crippen molar-refractivity contribution in [2.75, 3.05) is 17.2 Å². The van der Waals surface area contributed by atoms with E-state index in [4.69, 9.17) is 10.2 Å². The van der Waals surface area contributed by atoms with Gasteiger partial charge in [0.1, 0.15) is 17.1 Å². The summed E-state index contributed by atoms with van der Waals surface area (Å²) in [5.41, 5.74) is 9.32. The van der Waals surface area contributed by atoms with E-state index in [-0.39, 0.29) is 24.6 Å². The molecule has 35 heavy (non-hydrogen) atoms. The van der Waals surface area contributed by atoms with Gasteiger partial charge in [-0.25, -0.2) is 9.59 Å². The van der Waals surface area contributed by atoms with Crippen molar-refractivity contribution in [1.82, 2.24) is 9.55 Å². The molecule has 8 nitrogen and oxygen atoms in total. The Bertz CT molecular complexity index is 1550. The van der Waals surface area contributed by atoms with E-state index in [1.165, 1.54) is 10.6 Å². The van der Waals surface area contributed by atoms with Crippen LogP contribution in [0.4, 0.5) is 11.5 Å². The Morgan fingerprint density at radius 2 is 1.80 bits per heavy atom. The number of benzene rings is 2. The van der Waals surface area contributed by atoms with Crippen LogP contribution in [0.5, 0.6) is 0 Å². The molecular weight excluding hydrogens is 444 g/mol. The molecular formula is C27H30N4O4. The normalized spacial score (nSPS) is 11.3. The maximum atomic E-state index is 12.9. The summed E-state index contributed by atoms with van der Waals surface area (Å²) in [7, 11) is 0. The van der Waals surface area contributed by atoms with Crippen LogP contribution in [-0.4, -0.2) is 16.1 Å². The van der Waals surface area contributed by atoms with E-state index in [2.05, 4.69) is 18.8 Å². The Balaban J connectivity index is 1.82. The van der Waals surface area contributed by atoms with Gasteiger partial charge in [-0.1, -0.05) is 44.2 Å². The quantitative estimate of drug-likeness (QED) is 0.395. The Morgan fingerprint density at radius 1 is 1.09 bits per heavy atom. The molecule has 0 radical (unpaired) electrons. The van der Waals surface area contributed by atoms with Crippen LogP contribution in [0.2, 0.25) is 0 Å². The van der Waals surface area contributed by atoms with Crippen LogP contribution in [0.15, 0.2) is 67.3 Å². The van der Waals surface area contributed by atoms with E-state index in [1.807, 2.05) is 56.3 Å². The monoisotopic (exact) mass is 474 g/mol. The van der Waals surface area contributed by atoms with Gasteiger partial charge in [-0.2, -0.15) is 0 Å². The molecule has 2 heterocycles. The highest BCUT2D eigenvalue weighted by Gasteiger charge is 2.20. The molecule has 0 atom stereocenters. The van der Waals surface area contributed by atoms with Gasteiger partial charge >= 0.3 is 11.3 Å². The van der Waals surface area contributed by atoms with Crippen LogP contribution >= 0.6 is 0 Å². The maximum Gasteiger partial charge on any atom is 0.336 e. The second-order valence-corrected chi connectivity index (χ2v) is 9.03. The number of fused-ring (bicyclic) bond motifs is 1. The van der Waals surface area contributed by atoms with Gasteiger partial charge in [0.2, 0.25) is 0 Å². The number of aromatic nitrogens is 2. The summed E-state index contributed by atoms with van der Waals surface area (Å²) in [6, 6.07) is 14.8. The molecule has 2 aromatic carbocycles.